The smallest absolute Gasteiger partial charge is 0.276 e. The monoisotopic (exact) mass is 450 g/mol. The molecule has 0 spiro atoms. The third-order valence-electron chi connectivity index (χ3n) is 5.12. The van der Waals surface area contributed by atoms with Gasteiger partial charge in [-0.05, 0) is 47.2 Å². The zero-order chi connectivity index (χ0) is 23.1. The summed E-state index contributed by atoms with van der Waals surface area (Å²) in [4.78, 5) is 25.3. The Morgan fingerprint density at radius 3 is 2.00 bits per heavy atom. The first kappa shape index (κ1) is 23.4. The number of hydrogen-bond acceptors (Lipinski definition) is 3. The first-order valence-electron chi connectivity index (χ1n) is 10.5. The van der Waals surface area contributed by atoms with E-state index in [-0.39, 0.29) is 18.4 Å². The van der Waals surface area contributed by atoms with Crippen molar-refractivity contribution in [3.63, 3.8) is 0 Å². The molecule has 5 nitrogen and oxygen atoms in total. The summed E-state index contributed by atoms with van der Waals surface area (Å²) in [5.74, 6) is -0.551. The fraction of sp³-hybridized carbons (Fsp3) is 0.231. The van der Waals surface area contributed by atoms with E-state index in [9.17, 15) is 9.59 Å². The van der Waals surface area contributed by atoms with Gasteiger partial charge in [0.2, 0.25) is 5.91 Å². The van der Waals surface area contributed by atoms with E-state index in [1.807, 2.05) is 93.6 Å². The molecule has 0 radical (unpaired) electrons. The van der Waals surface area contributed by atoms with Crippen LogP contribution in [0.25, 0.3) is 0 Å². The van der Waals surface area contributed by atoms with Crippen molar-refractivity contribution in [1.82, 2.24) is 10.9 Å². The Balaban J connectivity index is 1.65. The second-order valence-corrected chi connectivity index (χ2v) is 8.28. The van der Waals surface area contributed by atoms with E-state index in [1.165, 1.54) is 0 Å². The zero-order valence-electron chi connectivity index (χ0n) is 18.4. The van der Waals surface area contributed by atoms with Crippen LogP contribution in [-0.4, -0.2) is 18.4 Å². The molecule has 0 aliphatic rings. The number of carbonyl (C=O) groups is 2. The van der Waals surface area contributed by atoms with Gasteiger partial charge >= 0.3 is 0 Å². The number of amides is 2. The summed E-state index contributed by atoms with van der Waals surface area (Å²) < 4.78 is 5.74. The van der Waals surface area contributed by atoms with Crippen molar-refractivity contribution in [2.45, 2.75) is 32.6 Å². The number of halogens is 1. The summed E-state index contributed by atoms with van der Waals surface area (Å²) in [6.07, 6.45) is 0. The third-order valence-corrected chi connectivity index (χ3v) is 5.53. The highest BCUT2D eigenvalue weighted by Gasteiger charge is 2.23. The molecule has 0 aliphatic carbocycles. The second kappa shape index (κ2) is 10.8. The first-order valence-corrected chi connectivity index (χ1v) is 10.9. The highest BCUT2D eigenvalue weighted by molar-refractivity contribution is 6.31. The Hall–Kier alpha value is -3.31. The van der Waals surface area contributed by atoms with E-state index in [1.54, 1.807) is 0 Å². The molecular formula is C26H27ClN2O3. The normalized spacial score (nSPS) is 10.8. The Morgan fingerprint density at radius 2 is 1.47 bits per heavy atom. The van der Waals surface area contributed by atoms with E-state index >= 15 is 0 Å². The predicted octanol–water partition coefficient (Wildman–Crippen LogP) is 5.13. The molecule has 6 heteroatoms. The lowest BCUT2D eigenvalue weighted by Gasteiger charge is -2.19. The minimum Gasteiger partial charge on any atom is -0.483 e. The summed E-state index contributed by atoms with van der Waals surface area (Å²) in [7, 11) is 0. The van der Waals surface area contributed by atoms with Gasteiger partial charge in [-0.2, -0.15) is 0 Å². The molecule has 3 aromatic carbocycles. The van der Waals surface area contributed by atoms with Crippen molar-refractivity contribution in [2.24, 2.45) is 0 Å². The lowest BCUT2D eigenvalue weighted by atomic mass is 9.91. The molecular weight excluding hydrogens is 424 g/mol. The van der Waals surface area contributed by atoms with Gasteiger partial charge in [0.15, 0.2) is 6.61 Å². The van der Waals surface area contributed by atoms with E-state index in [0.29, 0.717) is 10.8 Å². The fourth-order valence-corrected chi connectivity index (χ4v) is 3.59. The number of aryl methyl sites for hydroxylation is 1. The van der Waals surface area contributed by atoms with Gasteiger partial charge in [0, 0.05) is 5.02 Å². The maximum Gasteiger partial charge on any atom is 0.276 e. The van der Waals surface area contributed by atoms with E-state index in [2.05, 4.69) is 10.9 Å². The zero-order valence-corrected chi connectivity index (χ0v) is 19.1. The topological polar surface area (TPSA) is 67.4 Å². The van der Waals surface area contributed by atoms with Gasteiger partial charge in [-0.1, -0.05) is 86.1 Å². The minimum absolute atomic E-state index is 0.184. The Morgan fingerprint density at radius 1 is 0.906 bits per heavy atom. The summed E-state index contributed by atoms with van der Waals surface area (Å²) >= 11 is 6.23. The molecule has 2 N–H and O–H groups in total. The van der Waals surface area contributed by atoms with Crippen molar-refractivity contribution < 1.29 is 14.3 Å². The van der Waals surface area contributed by atoms with Gasteiger partial charge in [-0.3, -0.25) is 20.4 Å². The molecule has 3 rings (SSSR count). The van der Waals surface area contributed by atoms with Gasteiger partial charge in [-0.25, -0.2) is 0 Å². The maximum atomic E-state index is 13.0. The summed E-state index contributed by atoms with van der Waals surface area (Å²) in [6.45, 7) is 5.71. The Bertz CT molecular complexity index is 1030. The van der Waals surface area contributed by atoms with Crippen LogP contribution in [0.4, 0.5) is 0 Å². The largest absolute Gasteiger partial charge is 0.483 e. The second-order valence-electron chi connectivity index (χ2n) is 7.87. The SMILES string of the molecule is Cc1cc(OCC(=O)NNC(=O)C(c2ccccc2)c2ccccc2)c(C(C)C)cc1Cl. The van der Waals surface area contributed by atoms with Crippen LogP contribution in [0, 0.1) is 6.92 Å². The summed E-state index contributed by atoms with van der Waals surface area (Å²) in [5, 5.41) is 0.658. The van der Waals surface area contributed by atoms with Gasteiger partial charge in [0.25, 0.3) is 5.91 Å². The number of nitrogens with one attached hydrogen (secondary N) is 2. The average molecular weight is 451 g/mol. The van der Waals surface area contributed by atoms with E-state index < -0.39 is 11.8 Å². The number of benzene rings is 3. The number of ether oxygens (including phenoxy) is 1. The quantitative estimate of drug-likeness (QED) is 0.490. The molecule has 0 aromatic heterocycles. The standard InChI is InChI=1S/C26H27ClN2O3/c1-17(2)21-15-22(27)18(3)14-23(21)32-16-24(30)28-29-26(31)25(19-10-6-4-7-11-19)20-12-8-5-9-13-20/h4-15,17,25H,16H2,1-3H3,(H,28,30)(H,29,31). The van der Waals surface area contributed by atoms with E-state index in [0.717, 1.165) is 22.3 Å². The number of rotatable bonds is 7. The van der Waals surface area contributed by atoms with Crippen LogP contribution in [0.1, 0.15) is 47.9 Å². The number of hydrazine groups is 1. The highest BCUT2D eigenvalue weighted by atomic mass is 35.5. The molecule has 0 atom stereocenters. The first-order chi connectivity index (χ1) is 15.4. The Kier molecular flexibility index (Phi) is 7.90. The third kappa shape index (κ3) is 5.89. The van der Waals surface area contributed by atoms with Crippen molar-refractivity contribution in [3.05, 3.63) is 100 Å². The van der Waals surface area contributed by atoms with Gasteiger partial charge in [-0.15, -0.1) is 0 Å². The van der Waals surface area contributed by atoms with Gasteiger partial charge < -0.3 is 4.74 Å². The van der Waals surface area contributed by atoms with Crippen LogP contribution in [0.5, 0.6) is 5.75 Å². The maximum absolute atomic E-state index is 13.0. The van der Waals surface area contributed by atoms with Crippen molar-refractivity contribution in [1.29, 1.82) is 0 Å². The molecule has 166 valence electrons. The fourth-order valence-electron chi connectivity index (χ4n) is 3.42. The van der Waals surface area contributed by atoms with Gasteiger partial charge in [0.1, 0.15) is 5.75 Å². The predicted molar refractivity (Wildman–Crippen MR) is 127 cm³/mol. The van der Waals surface area contributed by atoms with Crippen molar-refractivity contribution in [3.8, 4) is 5.75 Å². The molecule has 3 aromatic rings. The van der Waals surface area contributed by atoms with Crippen LogP contribution >= 0.6 is 11.6 Å². The van der Waals surface area contributed by atoms with Crippen molar-refractivity contribution in [2.75, 3.05) is 6.61 Å². The van der Waals surface area contributed by atoms with Crippen LogP contribution in [-0.2, 0) is 9.59 Å². The number of hydrogen-bond donors (Lipinski definition) is 2. The van der Waals surface area contributed by atoms with Gasteiger partial charge in [0.05, 0.1) is 5.92 Å². The molecule has 32 heavy (non-hydrogen) atoms. The number of carbonyl (C=O) groups excluding carboxylic acids is 2. The van der Waals surface area contributed by atoms with Crippen molar-refractivity contribution >= 4 is 23.4 Å². The highest BCUT2D eigenvalue weighted by Crippen LogP contribution is 2.32. The van der Waals surface area contributed by atoms with Crippen LogP contribution in [0.3, 0.4) is 0 Å². The molecule has 2 amide bonds. The summed E-state index contributed by atoms with van der Waals surface area (Å²) in [5.41, 5.74) is 8.45. The molecule has 0 heterocycles. The lowest BCUT2D eigenvalue weighted by molar-refractivity contribution is -0.130. The molecule has 0 aliphatic heterocycles. The van der Waals surface area contributed by atoms with Crippen LogP contribution < -0.4 is 15.6 Å². The molecule has 0 bridgehead atoms. The minimum atomic E-state index is -0.551. The lowest BCUT2D eigenvalue weighted by Crippen LogP contribution is -2.46. The Labute approximate surface area is 193 Å². The molecule has 0 fully saturated rings. The van der Waals surface area contributed by atoms with Crippen LogP contribution in [0.15, 0.2) is 72.8 Å². The van der Waals surface area contributed by atoms with E-state index in [4.69, 9.17) is 16.3 Å². The molecule has 0 unspecified atom stereocenters. The molecule has 0 saturated carbocycles. The van der Waals surface area contributed by atoms with Crippen LogP contribution in [0.2, 0.25) is 5.02 Å². The average Bonchev–Trinajstić information content (AvgIpc) is 2.79. The molecule has 0 saturated heterocycles. The summed E-state index contributed by atoms with van der Waals surface area (Å²) in [6, 6.07) is 22.5.